The third kappa shape index (κ3) is 6.30. The summed E-state index contributed by atoms with van der Waals surface area (Å²) < 4.78 is 40.5. The highest BCUT2D eigenvalue weighted by Gasteiger charge is 2.45. The highest BCUT2D eigenvalue weighted by Crippen LogP contribution is 2.47. The fourth-order valence-corrected chi connectivity index (χ4v) is 9.84. The summed E-state index contributed by atoms with van der Waals surface area (Å²) in [6, 6.07) is 11.5. The molecule has 11 heteroatoms. The summed E-state index contributed by atoms with van der Waals surface area (Å²) in [7, 11) is -1.98. The number of anilines is 1. The smallest absolute Gasteiger partial charge is 0.287 e. The first-order chi connectivity index (χ1) is 23.0. The van der Waals surface area contributed by atoms with Crippen LogP contribution in [0.4, 0.5) is 5.69 Å². The number of methoxy groups -OCH3 is 1. The van der Waals surface area contributed by atoms with Crippen LogP contribution in [-0.2, 0) is 40.8 Å². The number of hydrogen-bond acceptors (Lipinski definition) is 7. The van der Waals surface area contributed by atoms with Crippen LogP contribution >= 0.6 is 11.6 Å². The number of amides is 2. The van der Waals surface area contributed by atoms with Gasteiger partial charge in [-0.05, 0) is 112 Å². The van der Waals surface area contributed by atoms with Crippen LogP contribution in [-0.4, -0.2) is 61.1 Å². The number of fused-ring (bicyclic) bond motifs is 4. The van der Waals surface area contributed by atoms with E-state index in [2.05, 4.69) is 26.1 Å². The number of aryl methyl sites for hydroxylation is 1. The summed E-state index contributed by atoms with van der Waals surface area (Å²) in [6.45, 7) is 5.32. The molecule has 5 atom stereocenters. The Morgan fingerprint density at radius 2 is 1.96 bits per heavy atom. The van der Waals surface area contributed by atoms with Crippen LogP contribution in [0.5, 0.6) is 5.75 Å². The Hall–Kier alpha value is -2.92. The molecule has 2 heterocycles. The summed E-state index contributed by atoms with van der Waals surface area (Å²) in [6.07, 6.45) is 11.3. The van der Waals surface area contributed by atoms with E-state index in [1.165, 1.54) is 11.1 Å². The van der Waals surface area contributed by atoms with Crippen LogP contribution in [0.25, 0.3) is 0 Å². The van der Waals surface area contributed by atoms with Crippen molar-refractivity contribution in [2.45, 2.75) is 87.2 Å². The van der Waals surface area contributed by atoms with E-state index in [4.69, 9.17) is 25.8 Å². The molecule has 1 N–H and O–H groups in total. The lowest BCUT2D eigenvalue weighted by molar-refractivity contribution is -0.137. The third-order valence-corrected chi connectivity index (χ3v) is 13.3. The first-order valence-electron chi connectivity index (χ1n) is 17.3. The molecule has 48 heavy (non-hydrogen) atoms. The maximum atomic E-state index is 14.9. The van der Waals surface area contributed by atoms with Gasteiger partial charge in [-0.25, -0.2) is 4.21 Å². The van der Waals surface area contributed by atoms with Gasteiger partial charge in [-0.2, -0.15) is 0 Å². The minimum atomic E-state index is -3.72. The van der Waals surface area contributed by atoms with Gasteiger partial charge in [-0.15, -0.1) is 4.36 Å². The number of ether oxygens (including phenoxy) is 3. The second-order valence-corrected chi connectivity index (χ2v) is 17.0. The van der Waals surface area contributed by atoms with E-state index in [0.717, 1.165) is 68.6 Å². The van der Waals surface area contributed by atoms with Gasteiger partial charge in [0, 0.05) is 36.6 Å². The van der Waals surface area contributed by atoms with Gasteiger partial charge in [-0.1, -0.05) is 36.2 Å². The topological polar surface area (TPSA) is 107 Å². The van der Waals surface area contributed by atoms with E-state index in [1.807, 2.05) is 30.4 Å². The van der Waals surface area contributed by atoms with E-state index < -0.39 is 21.4 Å². The van der Waals surface area contributed by atoms with Crippen molar-refractivity contribution in [2.75, 3.05) is 38.3 Å². The van der Waals surface area contributed by atoms with Crippen LogP contribution in [0, 0.1) is 17.8 Å². The Morgan fingerprint density at radius 1 is 1.12 bits per heavy atom. The van der Waals surface area contributed by atoms with Gasteiger partial charge in [0.05, 0.1) is 29.9 Å². The lowest BCUT2D eigenvalue weighted by Gasteiger charge is -2.46. The van der Waals surface area contributed by atoms with Gasteiger partial charge in [0.1, 0.15) is 11.4 Å². The molecule has 2 aromatic carbocycles. The van der Waals surface area contributed by atoms with E-state index >= 15 is 0 Å². The SMILES string of the molecule is CO[C@H]1C=CCOC(C)(C)C(=O)N=S(=O)(NC(=O)C2CCC2)c2ccc3c(c2)N(C[C@@H]2CC[C@H]21)C[C@@]1(CCCc2cc(Cl)ccc21)CO3. The van der Waals surface area contributed by atoms with Crippen LogP contribution in [0.3, 0.4) is 0 Å². The van der Waals surface area contributed by atoms with Crippen LogP contribution in [0.15, 0.2) is 57.8 Å². The predicted molar refractivity (Wildman–Crippen MR) is 186 cm³/mol. The number of hydrogen-bond donors (Lipinski definition) is 1. The standard InChI is InChI=1S/C37H46ClN3O6S/c1-36(2)35(43)40-48(44,39-34(42)24-7-4-8-24)28-13-16-33-31(20-28)41(21-26-11-14-29(26)32(45-3)10-6-18-47-36)22-37(23-46-33)17-5-9-25-19-27(38)12-15-30(25)37/h6,10,12-13,15-16,19-20,24,26,29,32H,4-5,7-9,11,14,17-18,21-23H2,1-3H3,(H,39,40,42,43,44)/t26-,29+,32-,37-,48?/m0/s1. The van der Waals surface area contributed by atoms with Gasteiger partial charge in [0.15, 0.2) is 9.92 Å². The van der Waals surface area contributed by atoms with Crippen molar-refractivity contribution < 1.29 is 28.0 Å². The molecule has 7 rings (SSSR count). The van der Waals surface area contributed by atoms with Gasteiger partial charge < -0.3 is 19.1 Å². The largest absolute Gasteiger partial charge is 0.490 e. The molecule has 0 saturated heterocycles. The maximum absolute atomic E-state index is 14.9. The Labute approximate surface area is 289 Å². The van der Waals surface area contributed by atoms with Crippen molar-refractivity contribution in [1.29, 1.82) is 0 Å². The molecule has 3 aliphatic carbocycles. The molecule has 2 aromatic rings. The maximum Gasteiger partial charge on any atom is 0.287 e. The first kappa shape index (κ1) is 33.6. The summed E-state index contributed by atoms with van der Waals surface area (Å²) >= 11 is 6.46. The minimum Gasteiger partial charge on any atom is -0.490 e. The Balaban J connectivity index is 1.36. The first-order valence-corrected chi connectivity index (χ1v) is 19.2. The Morgan fingerprint density at radius 3 is 2.69 bits per heavy atom. The quantitative estimate of drug-likeness (QED) is 0.370. The van der Waals surface area contributed by atoms with E-state index in [-0.39, 0.29) is 34.8 Å². The molecule has 2 fully saturated rings. The van der Waals surface area contributed by atoms with Crippen LogP contribution < -0.4 is 14.4 Å². The summed E-state index contributed by atoms with van der Waals surface area (Å²) in [5.41, 5.74) is 1.65. The zero-order valence-corrected chi connectivity index (χ0v) is 29.6. The molecule has 2 bridgehead atoms. The average Bonchev–Trinajstić information content (AvgIpc) is 3.16. The number of rotatable bonds is 3. The van der Waals surface area contributed by atoms with Crippen molar-refractivity contribution in [1.82, 2.24) is 4.72 Å². The van der Waals surface area contributed by atoms with Gasteiger partial charge in [-0.3, -0.25) is 14.3 Å². The molecule has 0 radical (unpaired) electrons. The van der Waals surface area contributed by atoms with Crippen molar-refractivity contribution >= 4 is 39.0 Å². The van der Waals surface area contributed by atoms with Crippen molar-refractivity contribution in [3.63, 3.8) is 0 Å². The second kappa shape index (κ2) is 13.1. The highest BCUT2D eigenvalue weighted by atomic mass is 35.5. The number of carbonyl (C=O) groups is 2. The predicted octanol–water partition coefficient (Wildman–Crippen LogP) is 6.40. The zero-order valence-electron chi connectivity index (χ0n) is 28.0. The second-order valence-electron chi connectivity index (χ2n) is 14.7. The molecule has 2 saturated carbocycles. The monoisotopic (exact) mass is 695 g/mol. The third-order valence-electron chi connectivity index (χ3n) is 11.3. The zero-order chi connectivity index (χ0) is 33.7. The van der Waals surface area contributed by atoms with Crippen molar-refractivity contribution in [3.05, 3.63) is 64.7 Å². The van der Waals surface area contributed by atoms with Gasteiger partial charge in [0.25, 0.3) is 5.91 Å². The lowest BCUT2D eigenvalue weighted by atomic mass is 9.68. The summed E-state index contributed by atoms with van der Waals surface area (Å²) in [5, 5.41) is 0.736. The summed E-state index contributed by atoms with van der Waals surface area (Å²) in [5.74, 6) is 0.0368. The molecule has 258 valence electrons. The van der Waals surface area contributed by atoms with Crippen molar-refractivity contribution in [3.8, 4) is 5.75 Å². The minimum absolute atomic E-state index is 0.0928. The van der Waals surface area contributed by atoms with Gasteiger partial charge in [0.2, 0.25) is 5.91 Å². The molecule has 1 unspecified atom stereocenters. The molecular formula is C37H46ClN3O6S. The number of carbonyl (C=O) groups excluding carboxylic acids is 2. The number of halogens is 1. The average molecular weight is 696 g/mol. The summed E-state index contributed by atoms with van der Waals surface area (Å²) in [4.78, 5) is 29.6. The molecule has 2 amide bonds. The Bertz CT molecular complexity index is 1750. The highest BCUT2D eigenvalue weighted by molar-refractivity contribution is 7.92. The van der Waals surface area contributed by atoms with E-state index in [1.54, 1.807) is 27.0 Å². The van der Waals surface area contributed by atoms with Gasteiger partial charge >= 0.3 is 0 Å². The Kier molecular flexibility index (Phi) is 9.15. The molecule has 2 aliphatic heterocycles. The number of nitrogens with zero attached hydrogens (tertiary/aromatic N) is 2. The molecule has 1 spiro atoms. The van der Waals surface area contributed by atoms with E-state index in [0.29, 0.717) is 30.7 Å². The molecule has 9 nitrogen and oxygen atoms in total. The number of nitrogens with one attached hydrogen (secondary N) is 1. The number of benzene rings is 2. The van der Waals surface area contributed by atoms with Crippen LogP contribution in [0.1, 0.15) is 69.9 Å². The van der Waals surface area contributed by atoms with E-state index in [9.17, 15) is 13.8 Å². The van der Waals surface area contributed by atoms with Crippen molar-refractivity contribution in [2.24, 2.45) is 22.1 Å². The normalized spacial score (nSPS) is 31.6. The fraction of sp³-hybridized carbons (Fsp3) is 0.568. The van der Waals surface area contributed by atoms with Crippen LogP contribution in [0.2, 0.25) is 5.02 Å². The lowest BCUT2D eigenvalue weighted by Crippen LogP contribution is -2.49. The molecular weight excluding hydrogens is 650 g/mol. The molecule has 5 aliphatic rings. The molecule has 0 aromatic heterocycles. The fourth-order valence-electron chi connectivity index (χ4n) is 7.96.